The number of anilines is 1. The minimum Gasteiger partial charge on any atom is -0.372 e. The predicted molar refractivity (Wildman–Crippen MR) is 66.8 cm³/mol. The summed E-state index contributed by atoms with van der Waals surface area (Å²) in [4.78, 5) is 0. The Kier molecular flexibility index (Phi) is 3.06. The highest BCUT2D eigenvalue weighted by molar-refractivity contribution is 6.30. The lowest BCUT2D eigenvalue weighted by Crippen LogP contribution is -1.96. The predicted octanol–water partition coefficient (Wildman–Crippen LogP) is 3.15. The molecular formula is C12H12ClN3. The second-order valence-electron chi connectivity index (χ2n) is 3.51. The monoisotopic (exact) mass is 233 g/mol. The van der Waals surface area contributed by atoms with Gasteiger partial charge in [-0.05, 0) is 36.8 Å². The number of benzene rings is 1. The van der Waals surface area contributed by atoms with Gasteiger partial charge >= 0.3 is 0 Å². The van der Waals surface area contributed by atoms with Crippen molar-refractivity contribution in [3.63, 3.8) is 0 Å². The molecule has 1 aromatic heterocycles. The van der Waals surface area contributed by atoms with Crippen molar-refractivity contribution in [1.82, 2.24) is 10.2 Å². The lowest BCUT2D eigenvalue weighted by Gasteiger charge is -2.05. The zero-order valence-electron chi connectivity index (χ0n) is 9.16. The van der Waals surface area contributed by atoms with Crippen molar-refractivity contribution in [3.8, 4) is 11.3 Å². The van der Waals surface area contributed by atoms with Crippen LogP contribution < -0.4 is 5.32 Å². The molecule has 0 saturated carbocycles. The first-order valence-corrected chi connectivity index (χ1v) is 5.36. The lowest BCUT2D eigenvalue weighted by molar-refractivity contribution is 1.04. The fourth-order valence-electron chi connectivity index (χ4n) is 1.48. The van der Waals surface area contributed by atoms with Gasteiger partial charge in [0.25, 0.3) is 0 Å². The maximum absolute atomic E-state index is 5.96. The van der Waals surface area contributed by atoms with E-state index in [4.69, 9.17) is 11.6 Å². The van der Waals surface area contributed by atoms with Gasteiger partial charge in [-0.25, -0.2) is 0 Å². The molecule has 2 aromatic rings. The third-order valence-corrected chi connectivity index (χ3v) is 2.63. The molecule has 16 heavy (non-hydrogen) atoms. The van der Waals surface area contributed by atoms with Gasteiger partial charge in [0.15, 0.2) is 0 Å². The topological polar surface area (TPSA) is 37.8 Å². The number of aryl methyl sites for hydroxylation is 1. The van der Waals surface area contributed by atoms with Crippen LogP contribution in [-0.2, 0) is 0 Å². The number of nitrogens with one attached hydrogen (secondary N) is 1. The molecule has 82 valence electrons. The van der Waals surface area contributed by atoms with E-state index in [1.165, 1.54) is 0 Å². The van der Waals surface area contributed by atoms with Crippen LogP contribution in [0.5, 0.6) is 0 Å². The van der Waals surface area contributed by atoms with Crippen molar-refractivity contribution in [3.05, 3.63) is 40.9 Å². The molecule has 0 aliphatic carbocycles. The molecule has 2 rings (SSSR count). The van der Waals surface area contributed by atoms with E-state index in [9.17, 15) is 0 Å². The smallest absolute Gasteiger partial charge is 0.148 e. The Morgan fingerprint density at radius 3 is 2.56 bits per heavy atom. The van der Waals surface area contributed by atoms with Gasteiger partial charge in [-0.3, -0.25) is 0 Å². The third kappa shape index (κ3) is 2.14. The largest absolute Gasteiger partial charge is 0.372 e. The number of aromatic nitrogens is 2. The Morgan fingerprint density at radius 1 is 1.12 bits per heavy atom. The standard InChI is InChI=1S/C12H12ClN3/c1-8-3-4-9(13)7-10(8)11-5-6-12(14-2)16-15-11/h3-7H,1-2H3,(H,14,16). The molecule has 1 aromatic carbocycles. The number of nitrogens with zero attached hydrogens (tertiary/aromatic N) is 2. The summed E-state index contributed by atoms with van der Waals surface area (Å²) in [6.45, 7) is 2.03. The van der Waals surface area contributed by atoms with Gasteiger partial charge in [-0.15, -0.1) is 10.2 Å². The summed E-state index contributed by atoms with van der Waals surface area (Å²) in [5, 5.41) is 11.8. The summed E-state index contributed by atoms with van der Waals surface area (Å²) in [5.74, 6) is 0.753. The minimum absolute atomic E-state index is 0.708. The normalized spacial score (nSPS) is 10.2. The number of rotatable bonds is 2. The van der Waals surface area contributed by atoms with Crippen LogP contribution >= 0.6 is 11.6 Å². The van der Waals surface area contributed by atoms with E-state index in [0.717, 1.165) is 22.6 Å². The van der Waals surface area contributed by atoms with Gasteiger partial charge in [-0.2, -0.15) is 0 Å². The van der Waals surface area contributed by atoms with Crippen molar-refractivity contribution in [1.29, 1.82) is 0 Å². The van der Waals surface area contributed by atoms with Crippen LogP contribution in [0.15, 0.2) is 30.3 Å². The molecule has 0 aliphatic heterocycles. The molecule has 3 nitrogen and oxygen atoms in total. The molecule has 0 fully saturated rings. The fraction of sp³-hybridized carbons (Fsp3) is 0.167. The highest BCUT2D eigenvalue weighted by Crippen LogP contribution is 2.24. The summed E-state index contributed by atoms with van der Waals surface area (Å²) < 4.78 is 0. The van der Waals surface area contributed by atoms with Gasteiger partial charge < -0.3 is 5.32 Å². The van der Waals surface area contributed by atoms with E-state index >= 15 is 0 Å². The van der Waals surface area contributed by atoms with Gasteiger partial charge in [0.05, 0.1) is 5.69 Å². The van der Waals surface area contributed by atoms with Crippen LogP contribution in [0.1, 0.15) is 5.56 Å². The second kappa shape index (κ2) is 4.49. The summed E-state index contributed by atoms with van der Waals surface area (Å²) >= 11 is 5.96. The van der Waals surface area contributed by atoms with Gasteiger partial charge in [-0.1, -0.05) is 17.7 Å². The molecular weight excluding hydrogens is 222 g/mol. The van der Waals surface area contributed by atoms with E-state index in [2.05, 4.69) is 15.5 Å². The Labute approximate surface area is 99.5 Å². The van der Waals surface area contributed by atoms with Crippen molar-refractivity contribution in [2.24, 2.45) is 0 Å². The summed E-state index contributed by atoms with van der Waals surface area (Å²) in [5.41, 5.74) is 2.98. The van der Waals surface area contributed by atoms with Crippen molar-refractivity contribution < 1.29 is 0 Å². The molecule has 0 aliphatic rings. The highest BCUT2D eigenvalue weighted by atomic mass is 35.5. The zero-order valence-corrected chi connectivity index (χ0v) is 9.92. The molecule has 0 radical (unpaired) electrons. The van der Waals surface area contributed by atoms with Gasteiger partial charge in [0.1, 0.15) is 5.82 Å². The van der Waals surface area contributed by atoms with Gasteiger partial charge in [0.2, 0.25) is 0 Å². The average Bonchev–Trinajstić information content (AvgIpc) is 2.32. The van der Waals surface area contributed by atoms with E-state index in [-0.39, 0.29) is 0 Å². The number of hydrogen-bond donors (Lipinski definition) is 1. The van der Waals surface area contributed by atoms with Crippen LogP contribution in [0.4, 0.5) is 5.82 Å². The van der Waals surface area contributed by atoms with Crippen molar-refractivity contribution in [2.75, 3.05) is 12.4 Å². The molecule has 0 atom stereocenters. The second-order valence-corrected chi connectivity index (χ2v) is 3.95. The summed E-state index contributed by atoms with van der Waals surface area (Å²) in [7, 11) is 1.81. The third-order valence-electron chi connectivity index (χ3n) is 2.40. The molecule has 1 heterocycles. The summed E-state index contributed by atoms with van der Waals surface area (Å²) in [6.07, 6.45) is 0. The molecule has 0 spiro atoms. The number of hydrogen-bond acceptors (Lipinski definition) is 3. The van der Waals surface area contributed by atoms with E-state index < -0.39 is 0 Å². The van der Waals surface area contributed by atoms with E-state index in [0.29, 0.717) is 5.02 Å². The maximum atomic E-state index is 5.96. The first-order valence-electron chi connectivity index (χ1n) is 4.98. The molecule has 0 saturated heterocycles. The van der Waals surface area contributed by atoms with Crippen LogP contribution in [-0.4, -0.2) is 17.2 Å². The molecule has 1 N–H and O–H groups in total. The van der Waals surface area contributed by atoms with Crippen LogP contribution in [0.2, 0.25) is 5.02 Å². The van der Waals surface area contributed by atoms with Crippen LogP contribution in [0, 0.1) is 6.92 Å². The average molecular weight is 234 g/mol. The molecule has 0 unspecified atom stereocenters. The number of halogens is 1. The Morgan fingerprint density at radius 2 is 1.94 bits per heavy atom. The van der Waals surface area contributed by atoms with E-state index in [1.54, 1.807) is 0 Å². The van der Waals surface area contributed by atoms with Crippen LogP contribution in [0.3, 0.4) is 0 Å². The highest BCUT2D eigenvalue weighted by Gasteiger charge is 2.04. The van der Waals surface area contributed by atoms with Crippen molar-refractivity contribution >= 4 is 17.4 Å². The van der Waals surface area contributed by atoms with Gasteiger partial charge in [0, 0.05) is 17.6 Å². The molecule has 0 bridgehead atoms. The van der Waals surface area contributed by atoms with Crippen molar-refractivity contribution in [2.45, 2.75) is 6.92 Å². The Balaban J connectivity index is 2.45. The Hall–Kier alpha value is -1.61. The SMILES string of the molecule is CNc1ccc(-c2cc(Cl)ccc2C)nn1. The first-order chi connectivity index (χ1) is 7.70. The quantitative estimate of drug-likeness (QED) is 0.866. The summed E-state index contributed by atoms with van der Waals surface area (Å²) in [6, 6.07) is 9.57. The Bertz CT molecular complexity index is 494. The lowest BCUT2D eigenvalue weighted by atomic mass is 10.1. The van der Waals surface area contributed by atoms with E-state index in [1.807, 2.05) is 44.3 Å². The fourth-order valence-corrected chi connectivity index (χ4v) is 1.65. The minimum atomic E-state index is 0.708. The first kappa shape index (κ1) is 10.9. The molecule has 4 heteroatoms. The maximum Gasteiger partial charge on any atom is 0.148 e. The van der Waals surface area contributed by atoms with Crippen LogP contribution in [0.25, 0.3) is 11.3 Å². The molecule has 0 amide bonds. The zero-order chi connectivity index (χ0) is 11.5.